The molecule has 0 unspecified atom stereocenters. The molecule has 1 aromatic rings. The van der Waals surface area contributed by atoms with Gasteiger partial charge in [0.05, 0.1) is 13.2 Å². The van der Waals surface area contributed by atoms with Gasteiger partial charge < -0.3 is 14.8 Å². The molecule has 0 amide bonds. The lowest BCUT2D eigenvalue weighted by Gasteiger charge is -2.46. The van der Waals surface area contributed by atoms with Crippen molar-refractivity contribution >= 4 is 5.69 Å². The van der Waals surface area contributed by atoms with Crippen LogP contribution in [0.5, 0.6) is 5.75 Å². The third kappa shape index (κ3) is 2.64. The smallest absolute Gasteiger partial charge is 0.119 e. The van der Waals surface area contributed by atoms with Crippen molar-refractivity contribution in [1.29, 1.82) is 0 Å². The first kappa shape index (κ1) is 14.7. The highest BCUT2D eigenvalue weighted by Gasteiger charge is 2.41. The number of ether oxygens (including phenoxy) is 2. The second-order valence-corrected chi connectivity index (χ2v) is 6.30. The van der Waals surface area contributed by atoms with E-state index in [1.165, 1.54) is 36.9 Å². The van der Waals surface area contributed by atoms with E-state index in [0.717, 1.165) is 18.3 Å². The van der Waals surface area contributed by atoms with E-state index in [0.29, 0.717) is 12.0 Å². The quantitative estimate of drug-likeness (QED) is 0.891. The summed E-state index contributed by atoms with van der Waals surface area (Å²) in [6.07, 6.45) is 5.12. The van der Waals surface area contributed by atoms with Crippen molar-refractivity contribution in [3.63, 3.8) is 0 Å². The third-order valence-corrected chi connectivity index (χ3v) is 5.27. The topological polar surface area (TPSA) is 30.5 Å². The van der Waals surface area contributed by atoms with Crippen LogP contribution in [-0.2, 0) is 4.74 Å². The van der Waals surface area contributed by atoms with Gasteiger partial charge in [-0.15, -0.1) is 0 Å². The Morgan fingerprint density at radius 1 is 1.33 bits per heavy atom. The van der Waals surface area contributed by atoms with Gasteiger partial charge in [-0.25, -0.2) is 0 Å². The second-order valence-electron chi connectivity index (χ2n) is 6.30. The van der Waals surface area contributed by atoms with E-state index in [9.17, 15) is 0 Å². The number of anilines is 1. The lowest BCUT2D eigenvalue weighted by molar-refractivity contribution is -0.0444. The largest absolute Gasteiger partial charge is 0.497 e. The minimum absolute atomic E-state index is 0.232. The molecule has 1 fully saturated rings. The van der Waals surface area contributed by atoms with Crippen LogP contribution in [0.15, 0.2) is 18.2 Å². The summed E-state index contributed by atoms with van der Waals surface area (Å²) in [6, 6.07) is 6.87. The van der Waals surface area contributed by atoms with Crippen LogP contribution in [0.4, 0.5) is 5.69 Å². The van der Waals surface area contributed by atoms with Crippen LogP contribution in [-0.4, -0.2) is 19.8 Å². The number of hydrogen-bond donors (Lipinski definition) is 1. The molecule has 0 bridgehead atoms. The van der Waals surface area contributed by atoms with Crippen molar-refractivity contribution in [1.82, 2.24) is 0 Å². The molecular formula is C18H27NO2. The zero-order valence-electron chi connectivity index (χ0n) is 13.4. The molecular weight excluding hydrogens is 262 g/mol. The van der Waals surface area contributed by atoms with Crippen molar-refractivity contribution < 1.29 is 9.47 Å². The number of rotatable bonds is 4. The van der Waals surface area contributed by atoms with Gasteiger partial charge in [0.15, 0.2) is 0 Å². The first-order valence-corrected chi connectivity index (χ1v) is 8.34. The summed E-state index contributed by atoms with van der Waals surface area (Å²) in [5.41, 5.74) is 2.51. The monoisotopic (exact) mass is 289 g/mol. The maximum atomic E-state index is 6.18. The zero-order chi connectivity index (χ0) is 14.8. The zero-order valence-corrected chi connectivity index (χ0v) is 13.4. The molecule has 0 radical (unpaired) electrons. The fraction of sp³-hybridized carbons (Fsp3) is 0.667. The molecule has 3 atom stereocenters. The highest BCUT2D eigenvalue weighted by molar-refractivity contribution is 5.58. The van der Waals surface area contributed by atoms with Crippen LogP contribution in [0.1, 0.15) is 51.2 Å². The molecule has 3 rings (SSSR count). The van der Waals surface area contributed by atoms with E-state index < -0.39 is 0 Å². The fourth-order valence-corrected chi connectivity index (χ4v) is 4.08. The Balaban J connectivity index is 1.97. The first-order valence-electron chi connectivity index (χ1n) is 8.34. The molecule has 0 saturated carbocycles. The summed E-state index contributed by atoms with van der Waals surface area (Å²) in [5.74, 6) is 2.22. The number of hydrogen-bond acceptors (Lipinski definition) is 3. The molecule has 0 aliphatic carbocycles. The van der Waals surface area contributed by atoms with Crippen LogP contribution >= 0.6 is 0 Å². The highest BCUT2D eigenvalue weighted by atomic mass is 16.5. The molecule has 1 N–H and O–H groups in total. The predicted molar refractivity (Wildman–Crippen MR) is 85.9 cm³/mol. The van der Waals surface area contributed by atoms with Crippen LogP contribution in [0.2, 0.25) is 0 Å². The van der Waals surface area contributed by atoms with Gasteiger partial charge in [0.1, 0.15) is 5.75 Å². The summed E-state index contributed by atoms with van der Waals surface area (Å²) in [7, 11) is 1.73. The molecule has 3 nitrogen and oxygen atoms in total. The van der Waals surface area contributed by atoms with Crippen molar-refractivity contribution in [3.8, 4) is 5.75 Å². The highest BCUT2D eigenvalue weighted by Crippen LogP contribution is 2.47. The average molecular weight is 289 g/mol. The van der Waals surface area contributed by atoms with Gasteiger partial charge >= 0.3 is 0 Å². The van der Waals surface area contributed by atoms with Gasteiger partial charge in [-0.2, -0.15) is 0 Å². The van der Waals surface area contributed by atoms with Crippen LogP contribution in [0.25, 0.3) is 0 Å². The van der Waals surface area contributed by atoms with Gasteiger partial charge in [0.25, 0.3) is 0 Å². The van der Waals surface area contributed by atoms with E-state index in [1.807, 2.05) is 6.07 Å². The number of methoxy groups -OCH3 is 1. The van der Waals surface area contributed by atoms with Gasteiger partial charge in [0, 0.05) is 29.8 Å². The SMILES string of the molecule is CCC(CC)[C@H]1Nc2ccc(OC)cc2[C@H]2OCCC[C@H]21. The number of benzene rings is 1. The standard InChI is InChI=1S/C18H27NO2/c1-4-12(5-2)17-14-7-6-10-21-18(14)15-11-13(20-3)8-9-16(15)19-17/h8-9,11-12,14,17-19H,4-7,10H2,1-3H3/t14-,17+,18-/m0/s1. The molecule has 3 heteroatoms. The lowest BCUT2D eigenvalue weighted by atomic mass is 9.74. The molecule has 21 heavy (non-hydrogen) atoms. The molecule has 1 aromatic carbocycles. The van der Waals surface area contributed by atoms with E-state index in [-0.39, 0.29) is 6.10 Å². The molecule has 2 aliphatic heterocycles. The predicted octanol–water partition coefficient (Wildman–Crippen LogP) is 4.39. The second kappa shape index (κ2) is 6.27. The summed E-state index contributed by atoms with van der Waals surface area (Å²) in [5, 5.41) is 3.81. The summed E-state index contributed by atoms with van der Waals surface area (Å²) in [6.45, 7) is 5.49. The lowest BCUT2D eigenvalue weighted by Crippen LogP contribution is -2.45. The van der Waals surface area contributed by atoms with Gasteiger partial charge in [-0.1, -0.05) is 26.7 Å². The summed E-state index contributed by atoms with van der Waals surface area (Å²) in [4.78, 5) is 0. The molecule has 0 spiro atoms. The van der Waals surface area contributed by atoms with E-state index in [2.05, 4.69) is 31.3 Å². The third-order valence-electron chi connectivity index (χ3n) is 5.27. The van der Waals surface area contributed by atoms with Gasteiger partial charge in [-0.05, 0) is 37.0 Å². The molecule has 1 saturated heterocycles. The maximum absolute atomic E-state index is 6.18. The minimum atomic E-state index is 0.232. The molecule has 2 heterocycles. The van der Waals surface area contributed by atoms with Gasteiger partial charge in [-0.3, -0.25) is 0 Å². The van der Waals surface area contributed by atoms with Crippen molar-refractivity contribution in [2.75, 3.05) is 19.0 Å². The van der Waals surface area contributed by atoms with Crippen LogP contribution in [0, 0.1) is 11.8 Å². The van der Waals surface area contributed by atoms with Crippen LogP contribution < -0.4 is 10.1 Å². The van der Waals surface area contributed by atoms with E-state index >= 15 is 0 Å². The van der Waals surface area contributed by atoms with E-state index in [4.69, 9.17) is 9.47 Å². The fourth-order valence-electron chi connectivity index (χ4n) is 4.08. The molecule has 2 aliphatic rings. The van der Waals surface area contributed by atoms with Crippen molar-refractivity contribution in [2.45, 2.75) is 51.7 Å². The van der Waals surface area contributed by atoms with Gasteiger partial charge in [0.2, 0.25) is 0 Å². The number of nitrogens with one attached hydrogen (secondary N) is 1. The van der Waals surface area contributed by atoms with Crippen molar-refractivity contribution in [3.05, 3.63) is 23.8 Å². The summed E-state index contributed by atoms with van der Waals surface area (Å²) < 4.78 is 11.6. The average Bonchev–Trinajstić information content (AvgIpc) is 2.55. The Morgan fingerprint density at radius 2 is 2.14 bits per heavy atom. The minimum Gasteiger partial charge on any atom is -0.497 e. The Bertz CT molecular complexity index is 484. The maximum Gasteiger partial charge on any atom is 0.119 e. The molecule has 116 valence electrons. The Morgan fingerprint density at radius 3 is 2.86 bits per heavy atom. The van der Waals surface area contributed by atoms with E-state index in [1.54, 1.807) is 7.11 Å². The normalized spacial score (nSPS) is 27.7. The Kier molecular flexibility index (Phi) is 4.39. The number of fused-ring (bicyclic) bond motifs is 3. The Labute approximate surface area is 128 Å². The van der Waals surface area contributed by atoms with Crippen LogP contribution in [0.3, 0.4) is 0 Å². The molecule has 0 aromatic heterocycles. The van der Waals surface area contributed by atoms with Crippen molar-refractivity contribution in [2.24, 2.45) is 11.8 Å². The summed E-state index contributed by atoms with van der Waals surface area (Å²) >= 11 is 0. The Hall–Kier alpha value is -1.22. The first-order chi connectivity index (χ1) is 10.3.